The molecule has 0 saturated carbocycles. The van der Waals surface area contributed by atoms with Gasteiger partial charge in [-0.25, -0.2) is 4.39 Å². The van der Waals surface area contributed by atoms with Gasteiger partial charge in [0.1, 0.15) is 17.3 Å². The summed E-state index contributed by atoms with van der Waals surface area (Å²) in [5.74, 6) is 1.63. The van der Waals surface area contributed by atoms with Crippen molar-refractivity contribution in [3.05, 3.63) is 53.6 Å². The van der Waals surface area contributed by atoms with Crippen LogP contribution in [0.3, 0.4) is 0 Å². The molecule has 2 rings (SSSR count). The lowest BCUT2D eigenvalue weighted by molar-refractivity contribution is 0.460. The number of rotatable bonds is 6. The zero-order chi connectivity index (χ0) is 15.2. The second-order valence-electron chi connectivity index (χ2n) is 5.47. The Labute approximate surface area is 125 Å². The highest BCUT2D eigenvalue weighted by molar-refractivity contribution is 5.39. The molecular formula is C17H21FN2O. The summed E-state index contributed by atoms with van der Waals surface area (Å²) in [7, 11) is 0. The van der Waals surface area contributed by atoms with Crippen LogP contribution in [0.2, 0.25) is 0 Å². The van der Waals surface area contributed by atoms with E-state index < -0.39 is 0 Å². The van der Waals surface area contributed by atoms with E-state index in [0.717, 1.165) is 17.8 Å². The molecule has 0 spiro atoms. The van der Waals surface area contributed by atoms with E-state index >= 15 is 0 Å². The maximum atomic E-state index is 13.5. The zero-order valence-electron chi connectivity index (χ0n) is 12.7. The molecular weight excluding hydrogens is 267 g/mol. The summed E-state index contributed by atoms with van der Waals surface area (Å²) in [4.78, 5) is 4.19. The molecule has 1 aromatic carbocycles. The van der Waals surface area contributed by atoms with E-state index in [2.05, 4.69) is 24.1 Å². The zero-order valence-corrected chi connectivity index (χ0v) is 12.7. The van der Waals surface area contributed by atoms with Crippen LogP contribution in [-0.2, 0) is 6.54 Å². The van der Waals surface area contributed by atoms with Crippen molar-refractivity contribution < 1.29 is 9.13 Å². The maximum Gasteiger partial charge on any atom is 0.148 e. The number of halogens is 1. The van der Waals surface area contributed by atoms with Crippen molar-refractivity contribution in [3.63, 3.8) is 0 Å². The fourth-order valence-electron chi connectivity index (χ4n) is 1.98. The number of aryl methyl sites for hydroxylation is 1. The highest BCUT2D eigenvalue weighted by Crippen LogP contribution is 2.27. The number of ether oxygens (including phenoxy) is 1. The van der Waals surface area contributed by atoms with Gasteiger partial charge in [-0.3, -0.25) is 4.98 Å². The van der Waals surface area contributed by atoms with E-state index in [0.29, 0.717) is 24.0 Å². The Hall–Kier alpha value is -1.94. The third-order valence-corrected chi connectivity index (χ3v) is 3.07. The van der Waals surface area contributed by atoms with Gasteiger partial charge in [-0.15, -0.1) is 0 Å². The SMILES string of the molecule is Cc1ncccc1Oc1ccc(F)cc1CNCC(C)C. The van der Waals surface area contributed by atoms with E-state index in [-0.39, 0.29) is 5.82 Å². The minimum Gasteiger partial charge on any atom is -0.455 e. The molecule has 4 heteroatoms. The van der Waals surface area contributed by atoms with Crippen LogP contribution < -0.4 is 10.1 Å². The van der Waals surface area contributed by atoms with Gasteiger partial charge in [0.2, 0.25) is 0 Å². The van der Waals surface area contributed by atoms with Crippen LogP contribution in [0, 0.1) is 18.7 Å². The number of hydrogen-bond acceptors (Lipinski definition) is 3. The van der Waals surface area contributed by atoms with Crippen LogP contribution in [0.1, 0.15) is 25.1 Å². The number of aromatic nitrogens is 1. The third-order valence-electron chi connectivity index (χ3n) is 3.07. The molecule has 0 amide bonds. The lowest BCUT2D eigenvalue weighted by atomic mass is 10.1. The van der Waals surface area contributed by atoms with Gasteiger partial charge in [0, 0.05) is 18.3 Å². The summed E-state index contributed by atoms with van der Waals surface area (Å²) in [6.07, 6.45) is 1.72. The van der Waals surface area contributed by atoms with E-state index in [1.54, 1.807) is 12.3 Å². The van der Waals surface area contributed by atoms with Crippen LogP contribution in [0.15, 0.2) is 36.5 Å². The fraction of sp³-hybridized carbons (Fsp3) is 0.353. The van der Waals surface area contributed by atoms with Gasteiger partial charge in [0.05, 0.1) is 5.69 Å². The van der Waals surface area contributed by atoms with Gasteiger partial charge in [-0.05, 0) is 49.7 Å². The molecule has 0 saturated heterocycles. The van der Waals surface area contributed by atoms with Crippen LogP contribution in [0.5, 0.6) is 11.5 Å². The smallest absolute Gasteiger partial charge is 0.148 e. The van der Waals surface area contributed by atoms with Crippen LogP contribution in [0.25, 0.3) is 0 Å². The summed E-state index contributed by atoms with van der Waals surface area (Å²) in [6, 6.07) is 8.26. The van der Waals surface area contributed by atoms with Gasteiger partial charge in [-0.1, -0.05) is 13.8 Å². The first-order chi connectivity index (χ1) is 10.1. The summed E-state index contributed by atoms with van der Waals surface area (Å²) in [5, 5.41) is 3.31. The van der Waals surface area contributed by atoms with Gasteiger partial charge in [0.25, 0.3) is 0 Å². The monoisotopic (exact) mass is 288 g/mol. The highest BCUT2D eigenvalue weighted by Gasteiger charge is 2.09. The van der Waals surface area contributed by atoms with E-state index in [1.165, 1.54) is 12.1 Å². The van der Waals surface area contributed by atoms with Gasteiger partial charge >= 0.3 is 0 Å². The molecule has 0 radical (unpaired) electrons. The summed E-state index contributed by atoms with van der Waals surface area (Å²) in [6.45, 7) is 7.60. The first kappa shape index (κ1) is 15.4. The Bertz CT molecular complexity index is 599. The molecule has 0 aliphatic heterocycles. The number of benzene rings is 1. The second kappa shape index (κ2) is 7.18. The lowest BCUT2D eigenvalue weighted by Gasteiger charge is -2.14. The Kier molecular flexibility index (Phi) is 5.28. The predicted molar refractivity (Wildman–Crippen MR) is 82.0 cm³/mol. The Balaban J connectivity index is 2.16. The van der Waals surface area contributed by atoms with Gasteiger partial charge < -0.3 is 10.1 Å². The molecule has 1 heterocycles. The molecule has 0 atom stereocenters. The second-order valence-corrected chi connectivity index (χ2v) is 5.47. The topological polar surface area (TPSA) is 34.1 Å². The van der Waals surface area contributed by atoms with E-state index in [1.807, 2.05) is 19.1 Å². The largest absolute Gasteiger partial charge is 0.455 e. The molecule has 21 heavy (non-hydrogen) atoms. The average Bonchev–Trinajstić information content (AvgIpc) is 2.43. The maximum absolute atomic E-state index is 13.5. The molecule has 1 N–H and O–H groups in total. The Morgan fingerprint density at radius 1 is 1.24 bits per heavy atom. The number of nitrogens with one attached hydrogen (secondary N) is 1. The Morgan fingerprint density at radius 2 is 2.05 bits per heavy atom. The number of hydrogen-bond donors (Lipinski definition) is 1. The van der Waals surface area contributed by atoms with Crippen LogP contribution in [-0.4, -0.2) is 11.5 Å². The highest BCUT2D eigenvalue weighted by atomic mass is 19.1. The van der Waals surface area contributed by atoms with E-state index in [9.17, 15) is 4.39 Å². The van der Waals surface area contributed by atoms with Gasteiger partial charge in [0.15, 0.2) is 0 Å². The summed E-state index contributed by atoms with van der Waals surface area (Å²) >= 11 is 0. The fourth-order valence-corrected chi connectivity index (χ4v) is 1.98. The third kappa shape index (κ3) is 4.53. The predicted octanol–water partition coefficient (Wildman–Crippen LogP) is 4.07. The minimum atomic E-state index is -0.258. The van der Waals surface area contributed by atoms with Gasteiger partial charge in [-0.2, -0.15) is 0 Å². The number of pyridine rings is 1. The standard InChI is InChI=1S/C17H21FN2O/c1-12(2)10-19-11-14-9-15(18)6-7-17(14)21-16-5-4-8-20-13(16)3/h4-9,12,19H,10-11H2,1-3H3. The molecule has 0 fully saturated rings. The molecule has 112 valence electrons. The molecule has 0 aliphatic rings. The average molecular weight is 288 g/mol. The van der Waals surface area contributed by atoms with Crippen LogP contribution >= 0.6 is 0 Å². The first-order valence-corrected chi connectivity index (χ1v) is 7.15. The van der Waals surface area contributed by atoms with Crippen molar-refractivity contribution in [1.82, 2.24) is 10.3 Å². The van der Waals surface area contributed by atoms with Crippen molar-refractivity contribution in [1.29, 1.82) is 0 Å². The molecule has 0 aliphatic carbocycles. The molecule has 2 aromatic rings. The van der Waals surface area contributed by atoms with Crippen molar-refractivity contribution in [2.24, 2.45) is 5.92 Å². The molecule has 0 unspecified atom stereocenters. The quantitative estimate of drug-likeness (QED) is 0.870. The van der Waals surface area contributed by atoms with Crippen molar-refractivity contribution >= 4 is 0 Å². The summed E-state index contributed by atoms with van der Waals surface area (Å²) < 4.78 is 19.3. The normalized spacial score (nSPS) is 10.9. The first-order valence-electron chi connectivity index (χ1n) is 7.15. The van der Waals surface area contributed by atoms with Crippen molar-refractivity contribution in [3.8, 4) is 11.5 Å². The summed E-state index contributed by atoms with van der Waals surface area (Å²) in [5.41, 5.74) is 1.61. The van der Waals surface area contributed by atoms with Crippen molar-refractivity contribution in [2.45, 2.75) is 27.3 Å². The molecule has 3 nitrogen and oxygen atoms in total. The molecule has 1 aromatic heterocycles. The minimum absolute atomic E-state index is 0.258. The van der Waals surface area contributed by atoms with Crippen LogP contribution in [0.4, 0.5) is 4.39 Å². The number of nitrogens with zero attached hydrogens (tertiary/aromatic N) is 1. The lowest BCUT2D eigenvalue weighted by Crippen LogP contribution is -2.19. The van der Waals surface area contributed by atoms with E-state index in [4.69, 9.17) is 4.74 Å². The van der Waals surface area contributed by atoms with Crippen molar-refractivity contribution in [2.75, 3.05) is 6.54 Å². The molecule has 0 bridgehead atoms. The Morgan fingerprint density at radius 3 is 2.76 bits per heavy atom.